The molecule has 1 heterocycles. The predicted molar refractivity (Wildman–Crippen MR) is 65.4 cm³/mol. The van der Waals surface area contributed by atoms with Crippen LogP contribution in [0.25, 0.3) is 0 Å². The van der Waals surface area contributed by atoms with Crippen molar-refractivity contribution in [3.8, 4) is 0 Å². The van der Waals surface area contributed by atoms with Crippen LogP contribution >= 0.6 is 0 Å². The van der Waals surface area contributed by atoms with Crippen LogP contribution in [0, 0.1) is 10.1 Å². The lowest BCUT2D eigenvalue weighted by Crippen LogP contribution is -2.36. The zero-order valence-electron chi connectivity index (χ0n) is 10.0. The van der Waals surface area contributed by atoms with E-state index in [1.807, 2.05) is 0 Å². The maximum absolute atomic E-state index is 12.1. The Labute approximate surface area is 108 Å². The summed E-state index contributed by atoms with van der Waals surface area (Å²) in [6, 6.07) is 1.10. The van der Waals surface area contributed by atoms with E-state index in [4.69, 9.17) is 15.9 Å². The average molecular weight is 270 g/mol. The van der Waals surface area contributed by atoms with Crippen LogP contribution in [-0.2, 0) is 0 Å². The minimum atomic E-state index is -0.740. The standard InChI is InChI=1S/C10H14N4O5/c11-9-5-7(8(6-12-9)14(18)19)10(17)13(1-3-15)2-4-16/h5-6,15-16H,1-4H2,(H2,11,12). The summed E-state index contributed by atoms with van der Waals surface area (Å²) < 4.78 is 0. The first-order valence-electron chi connectivity index (χ1n) is 5.42. The summed E-state index contributed by atoms with van der Waals surface area (Å²) in [5.41, 5.74) is 4.72. The normalized spacial score (nSPS) is 10.2. The number of hydrogen-bond acceptors (Lipinski definition) is 7. The van der Waals surface area contributed by atoms with Gasteiger partial charge in [0.2, 0.25) is 0 Å². The van der Waals surface area contributed by atoms with Crippen molar-refractivity contribution in [2.75, 3.05) is 32.0 Å². The van der Waals surface area contributed by atoms with Gasteiger partial charge in [-0.3, -0.25) is 14.9 Å². The van der Waals surface area contributed by atoms with Gasteiger partial charge in [0.05, 0.1) is 18.1 Å². The number of pyridine rings is 1. The number of nitro groups is 1. The second-order valence-electron chi connectivity index (χ2n) is 3.62. The van der Waals surface area contributed by atoms with Gasteiger partial charge >= 0.3 is 0 Å². The molecule has 0 bridgehead atoms. The van der Waals surface area contributed by atoms with Crippen LogP contribution in [0.3, 0.4) is 0 Å². The molecule has 104 valence electrons. The van der Waals surface area contributed by atoms with E-state index in [-0.39, 0.29) is 37.7 Å². The van der Waals surface area contributed by atoms with E-state index in [0.717, 1.165) is 17.2 Å². The lowest BCUT2D eigenvalue weighted by atomic mass is 10.2. The molecule has 1 aromatic heterocycles. The second-order valence-corrected chi connectivity index (χ2v) is 3.62. The van der Waals surface area contributed by atoms with Gasteiger partial charge in [0, 0.05) is 13.1 Å². The van der Waals surface area contributed by atoms with Crippen LogP contribution in [0.15, 0.2) is 12.3 Å². The number of aliphatic hydroxyl groups excluding tert-OH is 2. The van der Waals surface area contributed by atoms with E-state index >= 15 is 0 Å². The Morgan fingerprint density at radius 2 is 2.00 bits per heavy atom. The number of carbonyl (C=O) groups is 1. The molecule has 9 heteroatoms. The summed E-state index contributed by atoms with van der Waals surface area (Å²) in [5.74, 6) is -0.717. The fourth-order valence-electron chi connectivity index (χ4n) is 1.51. The summed E-state index contributed by atoms with van der Waals surface area (Å²) in [6.45, 7) is -0.724. The molecule has 0 saturated carbocycles. The number of aromatic nitrogens is 1. The van der Waals surface area contributed by atoms with E-state index in [1.165, 1.54) is 0 Å². The van der Waals surface area contributed by atoms with Gasteiger partial charge in [-0.15, -0.1) is 0 Å². The highest BCUT2D eigenvalue weighted by Crippen LogP contribution is 2.20. The van der Waals surface area contributed by atoms with Gasteiger partial charge in [-0.2, -0.15) is 0 Å². The van der Waals surface area contributed by atoms with Crippen molar-refractivity contribution in [3.63, 3.8) is 0 Å². The third kappa shape index (κ3) is 3.60. The Morgan fingerprint density at radius 1 is 1.42 bits per heavy atom. The van der Waals surface area contributed by atoms with Crippen molar-refractivity contribution < 1.29 is 19.9 Å². The van der Waals surface area contributed by atoms with Gasteiger partial charge in [-0.05, 0) is 6.07 Å². The molecule has 0 aliphatic heterocycles. The first-order valence-corrected chi connectivity index (χ1v) is 5.42. The minimum absolute atomic E-state index is 0.0260. The lowest BCUT2D eigenvalue weighted by Gasteiger charge is -2.20. The van der Waals surface area contributed by atoms with Gasteiger partial charge < -0.3 is 20.8 Å². The fourth-order valence-corrected chi connectivity index (χ4v) is 1.51. The first kappa shape index (κ1) is 14.8. The summed E-state index contributed by atoms with van der Waals surface area (Å²) in [6.07, 6.45) is 0.901. The quantitative estimate of drug-likeness (QED) is 0.444. The molecule has 1 rings (SSSR count). The smallest absolute Gasteiger partial charge is 0.300 e. The van der Waals surface area contributed by atoms with Crippen LogP contribution in [0.5, 0.6) is 0 Å². The van der Waals surface area contributed by atoms with E-state index in [9.17, 15) is 14.9 Å². The van der Waals surface area contributed by atoms with Crippen LogP contribution < -0.4 is 5.73 Å². The number of nitrogens with zero attached hydrogens (tertiary/aromatic N) is 3. The number of amides is 1. The van der Waals surface area contributed by atoms with Crippen molar-refractivity contribution in [2.45, 2.75) is 0 Å². The molecule has 0 aliphatic rings. The van der Waals surface area contributed by atoms with Crippen molar-refractivity contribution in [3.05, 3.63) is 27.9 Å². The number of hydrogen-bond donors (Lipinski definition) is 3. The number of aliphatic hydroxyl groups is 2. The highest BCUT2D eigenvalue weighted by Gasteiger charge is 2.25. The lowest BCUT2D eigenvalue weighted by molar-refractivity contribution is -0.385. The van der Waals surface area contributed by atoms with Gasteiger partial charge in [-0.1, -0.05) is 0 Å². The summed E-state index contributed by atoms with van der Waals surface area (Å²) in [5, 5.41) is 28.5. The molecule has 0 fully saturated rings. The molecule has 0 atom stereocenters. The zero-order valence-corrected chi connectivity index (χ0v) is 10.0. The SMILES string of the molecule is Nc1cc(C(=O)N(CCO)CCO)c([N+](=O)[O-])cn1. The molecule has 0 aromatic carbocycles. The third-order valence-electron chi connectivity index (χ3n) is 2.36. The van der Waals surface area contributed by atoms with E-state index < -0.39 is 16.5 Å². The average Bonchev–Trinajstić information content (AvgIpc) is 2.37. The van der Waals surface area contributed by atoms with E-state index in [1.54, 1.807) is 0 Å². The number of carbonyl (C=O) groups excluding carboxylic acids is 1. The second kappa shape index (κ2) is 6.61. The molecule has 0 saturated heterocycles. The summed E-state index contributed by atoms with van der Waals surface area (Å²) in [4.78, 5) is 26.9. The molecular weight excluding hydrogens is 256 g/mol. The minimum Gasteiger partial charge on any atom is -0.395 e. The molecule has 9 nitrogen and oxygen atoms in total. The molecule has 0 radical (unpaired) electrons. The maximum atomic E-state index is 12.1. The van der Waals surface area contributed by atoms with Crippen molar-refractivity contribution in [1.29, 1.82) is 0 Å². The molecule has 1 amide bonds. The van der Waals surface area contributed by atoms with E-state index in [0.29, 0.717) is 0 Å². The predicted octanol–water partition coefficient (Wildman–Crippen LogP) is -1.00. The van der Waals surface area contributed by atoms with Crippen LogP contribution in [0.4, 0.5) is 11.5 Å². The number of anilines is 1. The Bertz CT molecular complexity index is 473. The third-order valence-corrected chi connectivity index (χ3v) is 2.36. The Balaban J connectivity index is 3.15. The van der Waals surface area contributed by atoms with Crippen LogP contribution in [0.1, 0.15) is 10.4 Å². The Kier molecular flexibility index (Phi) is 5.15. The fraction of sp³-hybridized carbons (Fsp3) is 0.400. The topological polar surface area (TPSA) is 143 Å². The zero-order chi connectivity index (χ0) is 14.4. The molecule has 0 aliphatic carbocycles. The molecule has 0 spiro atoms. The van der Waals surface area contributed by atoms with E-state index in [2.05, 4.69) is 4.98 Å². The molecule has 1 aromatic rings. The van der Waals surface area contributed by atoms with Gasteiger partial charge in [0.25, 0.3) is 11.6 Å². The Hall–Kier alpha value is -2.26. The number of rotatable bonds is 6. The number of nitrogens with two attached hydrogens (primary N) is 1. The maximum Gasteiger partial charge on any atom is 0.300 e. The molecule has 19 heavy (non-hydrogen) atoms. The Morgan fingerprint density at radius 3 is 2.47 bits per heavy atom. The monoisotopic (exact) mass is 270 g/mol. The molecular formula is C10H14N4O5. The molecule has 0 unspecified atom stereocenters. The largest absolute Gasteiger partial charge is 0.395 e. The van der Waals surface area contributed by atoms with Crippen LogP contribution in [-0.4, -0.2) is 57.2 Å². The van der Waals surface area contributed by atoms with Crippen LogP contribution in [0.2, 0.25) is 0 Å². The highest BCUT2D eigenvalue weighted by atomic mass is 16.6. The summed E-state index contributed by atoms with van der Waals surface area (Å²) in [7, 11) is 0. The molecule has 4 N–H and O–H groups in total. The van der Waals surface area contributed by atoms with Gasteiger partial charge in [0.1, 0.15) is 17.6 Å². The van der Waals surface area contributed by atoms with Crippen molar-refractivity contribution in [2.24, 2.45) is 0 Å². The van der Waals surface area contributed by atoms with Gasteiger partial charge in [-0.25, -0.2) is 4.98 Å². The first-order chi connectivity index (χ1) is 9.01. The summed E-state index contributed by atoms with van der Waals surface area (Å²) >= 11 is 0. The van der Waals surface area contributed by atoms with Crippen molar-refractivity contribution >= 4 is 17.4 Å². The van der Waals surface area contributed by atoms with Gasteiger partial charge in [0.15, 0.2) is 0 Å². The van der Waals surface area contributed by atoms with Crippen molar-refractivity contribution in [1.82, 2.24) is 9.88 Å². The number of nitrogen functional groups attached to an aromatic ring is 1. The highest BCUT2D eigenvalue weighted by molar-refractivity contribution is 5.98.